The Morgan fingerprint density at radius 1 is 1.20 bits per heavy atom. The van der Waals surface area contributed by atoms with Crippen LogP contribution in [0.3, 0.4) is 0 Å². The van der Waals surface area contributed by atoms with E-state index in [1.807, 2.05) is 0 Å². The molecule has 1 aliphatic heterocycles. The second kappa shape index (κ2) is 6.91. The number of ether oxygens (including phenoxy) is 1. The smallest absolute Gasteiger partial charge is 0.335 e. The molecule has 3 rings (SSSR count). The predicted octanol–water partition coefficient (Wildman–Crippen LogP) is 1.69. The molecule has 1 N–H and O–H groups in total. The third-order valence-electron chi connectivity index (χ3n) is 3.55. The maximum Gasteiger partial charge on any atom is 0.335 e. The Balaban J connectivity index is 1.90. The van der Waals surface area contributed by atoms with Crippen LogP contribution in [0.5, 0.6) is 5.75 Å². The minimum Gasteiger partial charge on any atom is -0.497 e. The number of nitrogens with one attached hydrogen (secondary N) is 1. The summed E-state index contributed by atoms with van der Waals surface area (Å²) in [5, 5.41) is 2.16. The zero-order valence-corrected chi connectivity index (χ0v) is 13.2. The lowest BCUT2D eigenvalue weighted by Gasteiger charge is -2.28. The SMILES string of the molecule is COc1cccc(N2C(=O)NC(=O)[C@@H](C=Nc3ccncc3)C2=O)c1. The highest BCUT2D eigenvalue weighted by molar-refractivity contribution is 6.32. The van der Waals surface area contributed by atoms with Crippen molar-refractivity contribution in [3.05, 3.63) is 48.8 Å². The lowest BCUT2D eigenvalue weighted by molar-refractivity contribution is -0.131. The summed E-state index contributed by atoms with van der Waals surface area (Å²) in [7, 11) is 1.48. The van der Waals surface area contributed by atoms with Crippen LogP contribution >= 0.6 is 0 Å². The highest BCUT2D eigenvalue weighted by Gasteiger charge is 2.40. The van der Waals surface area contributed by atoms with E-state index in [1.165, 1.54) is 19.4 Å². The van der Waals surface area contributed by atoms with Crippen LogP contribution in [-0.2, 0) is 9.59 Å². The molecule has 1 aromatic carbocycles. The summed E-state index contributed by atoms with van der Waals surface area (Å²) >= 11 is 0. The number of methoxy groups -OCH3 is 1. The van der Waals surface area contributed by atoms with E-state index in [2.05, 4.69) is 15.3 Å². The Bertz CT molecular complexity index is 851. The quantitative estimate of drug-likeness (QED) is 0.675. The first-order valence-electron chi connectivity index (χ1n) is 7.37. The number of benzene rings is 1. The van der Waals surface area contributed by atoms with Crippen LogP contribution in [0.1, 0.15) is 0 Å². The summed E-state index contributed by atoms with van der Waals surface area (Å²) in [4.78, 5) is 45.7. The van der Waals surface area contributed by atoms with Crippen molar-refractivity contribution < 1.29 is 19.1 Å². The molecule has 1 aliphatic rings. The van der Waals surface area contributed by atoms with Crippen molar-refractivity contribution in [1.29, 1.82) is 0 Å². The highest BCUT2D eigenvalue weighted by atomic mass is 16.5. The van der Waals surface area contributed by atoms with Gasteiger partial charge in [-0.3, -0.25) is 24.9 Å². The Hall–Kier alpha value is -3.55. The first-order valence-corrected chi connectivity index (χ1v) is 7.37. The fraction of sp³-hybridized carbons (Fsp3) is 0.118. The second-order valence-electron chi connectivity index (χ2n) is 5.13. The van der Waals surface area contributed by atoms with Gasteiger partial charge in [0.25, 0.3) is 5.91 Å². The molecule has 8 nitrogen and oxygen atoms in total. The standard InChI is InChI=1S/C17H14N4O4/c1-25-13-4-2-3-12(9-13)21-16(23)14(15(22)20-17(21)24)10-19-11-5-7-18-8-6-11/h2-10,14H,1H3,(H,20,22,24)/t14-/m1/s1. The van der Waals surface area contributed by atoms with Crippen LogP contribution in [0.4, 0.5) is 16.2 Å². The van der Waals surface area contributed by atoms with Crippen molar-refractivity contribution in [1.82, 2.24) is 10.3 Å². The molecule has 0 saturated carbocycles. The van der Waals surface area contributed by atoms with Gasteiger partial charge >= 0.3 is 6.03 Å². The fourth-order valence-corrected chi connectivity index (χ4v) is 2.31. The molecule has 0 aliphatic carbocycles. The summed E-state index contributed by atoms with van der Waals surface area (Å²) in [6.45, 7) is 0. The van der Waals surface area contributed by atoms with Gasteiger partial charge in [-0.15, -0.1) is 0 Å². The van der Waals surface area contributed by atoms with Crippen molar-refractivity contribution in [3.63, 3.8) is 0 Å². The topological polar surface area (TPSA) is 101 Å². The van der Waals surface area contributed by atoms with Crippen molar-refractivity contribution >= 4 is 35.4 Å². The first kappa shape index (κ1) is 16.3. The maximum atomic E-state index is 12.7. The van der Waals surface area contributed by atoms with E-state index < -0.39 is 23.8 Å². The van der Waals surface area contributed by atoms with Crippen LogP contribution in [0.2, 0.25) is 0 Å². The van der Waals surface area contributed by atoms with Gasteiger partial charge in [0.2, 0.25) is 5.91 Å². The molecule has 0 bridgehead atoms. The molecule has 2 aromatic rings. The molecule has 0 unspecified atom stereocenters. The number of barbiturate groups is 1. The zero-order chi connectivity index (χ0) is 17.8. The normalized spacial score (nSPS) is 17.7. The largest absolute Gasteiger partial charge is 0.497 e. The summed E-state index contributed by atoms with van der Waals surface area (Å²) in [5.74, 6) is -2.12. The number of amides is 4. The van der Waals surface area contributed by atoms with Gasteiger partial charge in [-0.2, -0.15) is 0 Å². The van der Waals surface area contributed by atoms with Gasteiger partial charge in [0.15, 0.2) is 5.92 Å². The molecule has 1 saturated heterocycles. The molecular weight excluding hydrogens is 324 g/mol. The van der Waals surface area contributed by atoms with Crippen molar-refractivity contribution in [2.75, 3.05) is 12.0 Å². The van der Waals surface area contributed by atoms with Crippen molar-refractivity contribution in [3.8, 4) is 5.75 Å². The van der Waals surface area contributed by atoms with Gasteiger partial charge < -0.3 is 4.74 Å². The molecule has 4 amide bonds. The number of hydrogen-bond acceptors (Lipinski definition) is 6. The van der Waals surface area contributed by atoms with E-state index in [4.69, 9.17) is 4.74 Å². The number of imide groups is 2. The molecule has 126 valence electrons. The van der Waals surface area contributed by atoms with Crippen LogP contribution in [0.25, 0.3) is 0 Å². The van der Waals surface area contributed by atoms with Gasteiger partial charge in [-0.1, -0.05) is 6.07 Å². The number of anilines is 1. The monoisotopic (exact) mass is 338 g/mol. The Morgan fingerprint density at radius 3 is 2.68 bits per heavy atom. The van der Waals surface area contributed by atoms with E-state index in [0.29, 0.717) is 17.1 Å². The maximum absolute atomic E-state index is 12.7. The molecule has 1 aromatic heterocycles. The third-order valence-corrected chi connectivity index (χ3v) is 3.55. The number of carbonyl (C=O) groups excluding carboxylic acids is 3. The average Bonchev–Trinajstić information content (AvgIpc) is 2.62. The zero-order valence-electron chi connectivity index (χ0n) is 13.2. The van der Waals surface area contributed by atoms with E-state index >= 15 is 0 Å². The molecule has 0 radical (unpaired) electrons. The molecule has 8 heteroatoms. The number of nitrogens with zero attached hydrogens (tertiary/aromatic N) is 3. The third kappa shape index (κ3) is 3.37. The number of aliphatic imine (C=N–C) groups is 1. The Morgan fingerprint density at radius 2 is 1.96 bits per heavy atom. The van der Waals surface area contributed by atoms with Crippen LogP contribution in [-0.4, -0.2) is 36.2 Å². The molecule has 1 atom stereocenters. The summed E-state index contributed by atoms with van der Waals surface area (Å²) < 4.78 is 5.10. The number of pyridine rings is 1. The number of urea groups is 1. The Labute approximate surface area is 143 Å². The van der Waals surface area contributed by atoms with E-state index in [1.54, 1.807) is 42.7 Å². The summed E-state index contributed by atoms with van der Waals surface area (Å²) in [5.41, 5.74) is 0.845. The van der Waals surface area contributed by atoms with Gasteiger partial charge in [-0.05, 0) is 24.3 Å². The van der Waals surface area contributed by atoms with E-state index in [0.717, 1.165) is 4.90 Å². The summed E-state index contributed by atoms with van der Waals surface area (Å²) in [6, 6.07) is 8.89. The lowest BCUT2D eigenvalue weighted by Crippen LogP contribution is -2.58. The Kier molecular flexibility index (Phi) is 4.51. The van der Waals surface area contributed by atoms with Crippen LogP contribution < -0.4 is 15.0 Å². The first-order chi connectivity index (χ1) is 12.1. The number of rotatable bonds is 4. The number of carbonyl (C=O) groups is 3. The fourth-order valence-electron chi connectivity index (χ4n) is 2.31. The second-order valence-corrected chi connectivity index (χ2v) is 5.13. The van der Waals surface area contributed by atoms with Gasteiger partial charge in [-0.25, -0.2) is 9.69 Å². The van der Waals surface area contributed by atoms with E-state index in [-0.39, 0.29) is 0 Å². The lowest BCUT2D eigenvalue weighted by atomic mass is 10.1. The molecule has 1 fully saturated rings. The minimum atomic E-state index is -1.21. The van der Waals surface area contributed by atoms with Crippen molar-refractivity contribution in [2.24, 2.45) is 10.9 Å². The highest BCUT2D eigenvalue weighted by Crippen LogP contribution is 2.24. The van der Waals surface area contributed by atoms with Gasteiger partial charge in [0.05, 0.1) is 18.5 Å². The van der Waals surface area contributed by atoms with Gasteiger partial charge in [0, 0.05) is 24.7 Å². The minimum absolute atomic E-state index is 0.302. The summed E-state index contributed by atoms with van der Waals surface area (Å²) in [6.07, 6.45) is 4.30. The molecular formula is C17H14N4O4. The molecule has 2 heterocycles. The van der Waals surface area contributed by atoms with Gasteiger partial charge in [0.1, 0.15) is 5.75 Å². The molecule has 25 heavy (non-hydrogen) atoms. The van der Waals surface area contributed by atoms with E-state index in [9.17, 15) is 14.4 Å². The van der Waals surface area contributed by atoms with Crippen LogP contribution in [0, 0.1) is 5.92 Å². The molecule has 0 spiro atoms. The van der Waals surface area contributed by atoms with Crippen molar-refractivity contribution in [2.45, 2.75) is 0 Å². The average molecular weight is 338 g/mol. The predicted molar refractivity (Wildman–Crippen MR) is 89.9 cm³/mol. The van der Waals surface area contributed by atoms with Crippen LogP contribution in [0.15, 0.2) is 53.8 Å². The number of aromatic nitrogens is 1. The number of hydrogen-bond donors (Lipinski definition) is 1.